The van der Waals surface area contributed by atoms with Gasteiger partial charge >= 0.3 is 11.9 Å². The number of pyridine rings is 1. The molecule has 0 saturated carbocycles. The van der Waals surface area contributed by atoms with E-state index >= 15 is 0 Å². The number of esters is 1. The van der Waals surface area contributed by atoms with Gasteiger partial charge < -0.3 is 30.5 Å². The Morgan fingerprint density at radius 1 is 1.28 bits per heavy atom. The number of nitrogens with zero attached hydrogens (tertiary/aromatic N) is 1. The molecule has 10 heteroatoms. The highest BCUT2D eigenvalue weighted by Crippen LogP contribution is 2.25. The minimum atomic E-state index is -1.36. The number of carbonyl (C=O) groups is 3. The number of primary amides is 1. The standard InChI is InChI=1S/C15H16N2O8/c16-14(23)8-2-1-5-17(6-8)15-13(22)12(21)9(25-15)7-24-11(20)4-3-10(18)19/h1-6,9,12-13,15,21-22H,7H2,(H2-,16,18,19,23)/p+1/b4-3+/t9-,12-,13-,15-/m1/s1. The Labute approximate surface area is 141 Å². The second-order valence-electron chi connectivity index (χ2n) is 5.25. The molecule has 134 valence electrons. The highest BCUT2D eigenvalue weighted by atomic mass is 16.6. The number of aliphatic hydroxyl groups is 2. The average Bonchev–Trinajstić information content (AvgIpc) is 2.86. The molecule has 2 heterocycles. The van der Waals surface area contributed by atoms with Crippen LogP contribution in [0.1, 0.15) is 16.6 Å². The van der Waals surface area contributed by atoms with Crippen molar-refractivity contribution in [1.82, 2.24) is 0 Å². The van der Waals surface area contributed by atoms with Crippen molar-refractivity contribution in [3.8, 4) is 0 Å². The largest absolute Gasteiger partial charge is 0.478 e. The molecule has 1 fully saturated rings. The van der Waals surface area contributed by atoms with Gasteiger partial charge in [0, 0.05) is 18.2 Å². The van der Waals surface area contributed by atoms with Crippen LogP contribution in [0.5, 0.6) is 0 Å². The van der Waals surface area contributed by atoms with E-state index in [2.05, 4.69) is 0 Å². The zero-order valence-electron chi connectivity index (χ0n) is 12.9. The average molecular weight is 353 g/mol. The normalized spacial score (nSPS) is 25.8. The number of rotatable bonds is 6. The number of aliphatic carboxylic acids is 1. The number of carboxylic acids is 1. The van der Waals surface area contributed by atoms with E-state index in [0.29, 0.717) is 12.2 Å². The summed E-state index contributed by atoms with van der Waals surface area (Å²) in [5, 5.41) is 28.5. The highest BCUT2D eigenvalue weighted by Gasteiger charge is 2.48. The summed E-state index contributed by atoms with van der Waals surface area (Å²) in [5.74, 6) is -2.91. The number of carbonyl (C=O) groups excluding carboxylic acids is 2. The van der Waals surface area contributed by atoms with Crippen molar-refractivity contribution < 1.29 is 43.7 Å². The molecule has 1 saturated heterocycles. The molecule has 2 rings (SSSR count). The monoisotopic (exact) mass is 353 g/mol. The lowest BCUT2D eigenvalue weighted by molar-refractivity contribution is -0.765. The first-order valence-electron chi connectivity index (χ1n) is 7.19. The van der Waals surface area contributed by atoms with Crippen LogP contribution in [0, 0.1) is 0 Å². The fourth-order valence-electron chi connectivity index (χ4n) is 2.26. The van der Waals surface area contributed by atoms with Gasteiger partial charge in [-0.25, -0.2) is 9.59 Å². The molecule has 1 aliphatic rings. The maximum Gasteiger partial charge on any atom is 0.331 e. The van der Waals surface area contributed by atoms with Crippen LogP contribution in [0.25, 0.3) is 0 Å². The van der Waals surface area contributed by atoms with Crippen LogP contribution >= 0.6 is 0 Å². The van der Waals surface area contributed by atoms with E-state index in [0.717, 1.165) is 0 Å². The molecule has 0 radical (unpaired) electrons. The summed E-state index contributed by atoms with van der Waals surface area (Å²) >= 11 is 0. The van der Waals surface area contributed by atoms with E-state index in [1.165, 1.54) is 29.1 Å². The molecular weight excluding hydrogens is 336 g/mol. The molecule has 5 N–H and O–H groups in total. The van der Waals surface area contributed by atoms with E-state index in [9.17, 15) is 24.6 Å². The van der Waals surface area contributed by atoms with Crippen LogP contribution in [-0.2, 0) is 19.1 Å². The molecule has 0 aromatic carbocycles. The number of hydrogen-bond donors (Lipinski definition) is 4. The molecular formula is C15H17N2O8+. The Hall–Kier alpha value is -2.82. The zero-order valence-corrected chi connectivity index (χ0v) is 12.9. The molecule has 25 heavy (non-hydrogen) atoms. The fraction of sp³-hybridized carbons (Fsp3) is 0.333. The number of hydrogen-bond acceptors (Lipinski definition) is 7. The third-order valence-electron chi connectivity index (χ3n) is 3.49. The summed E-state index contributed by atoms with van der Waals surface area (Å²) in [6.45, 7) is -0.395. The van der Waals surface area contributed by atoms with E-state index in [1.807, 2.05) is 0 Å². The summed E-state index contributed by atoms with van der Waals surface area (Å²) in [5.41, 5.74) is 5.37. The first-order chi connectivity index (χ1) is 11.8. The lowest BCUT2D eigenvalue weighted by atomic mass is 10.1. The molecule has 10 nitrogen and oxygen atoms in total. The van der Waals surface area contributed by atoms with E-state index in [4.69, 9.17) is 20.3 Å². The van der Waals surface area contributed by atoms with Gasteiger partial charge in [-0.05, 0) is 6.07 Å². The van der Waals surface area contributed by atoms with Crippen molar-refractivity contribution in [2.24, 2.45) is 5.73 Å². The quantitative estimate of drug-likeness (QED) is 0.256. The summed E-state index contributed by atoms with van der Waals surface area (Å²) in [6.07, 6.45) is -0.569. The predicted molar refractivity (Wildman–Crippen MR) is 78.8 cm³/mol. The van der Waals surface area contributed by atoms with Gasteiger partial charge in [0.05, 0.1) is 0 Å². The van der Waals surface area contributed by atoms with Crippen LogP contribution in [0.3, 0.4) is 0 Å². The predicted octanol–water partition coefficient (Wildman–Crippen LogP) is -2.12. The summed E-state index contributed by atoms with van der Waals surface area (Å²) in [7, 11) is 0. The Morgan fingerprint density at radius 3 is 2.64 bits per heavy atom. The summed E-state index contributed by atoms with van der Waals surface area (Å²) in [4.78, 5) is 32.9. The maximum absolute atomic E-state index is 11.3. The summed E-state index contributed by atoms with van der Waals surface area (Å²) in [6, 6.07) is 3.00. The number of carboxylic acid groups (broad SMARTS) is 1. The van der Waals surface area contributed by atoms with E-state index in [1.54, 1.807) is 0 Å². The van der Waals surface area contributed by atoms with Crippen molar-refractivity contribution in [3.05, 3.63) is 42.2 Å². The zero-order chi connectivity index (χ0) is 18.6. The fourth-order valence-corrected chi connectivity index (χ4v) is 2.26. The number of ether oxygens (including phenoxy) is 2. The first-order valence-corrected chi connectivity index (χ1v) is 7.19. The molecule has 1 aliphatic heterocycles. The third-order valence-corrected chi connectivity index (χ3v) is 3.49. The minimum absolute atomic E-state index is 0.182. The topological polar surface area (TPSA) is 160 Å². The molecule has 0 bridgehead atoms. The van der Waals surface area contributed by atoms with Crippen LogP contribution in [-0.4, -0.2) is 58.1 Å². The van der Waals surface area contributed by atoms with Gasteiger partial charge in [-0.1, -0.05) is 0 Å². The van der Waals surface area contributed by atoms with Gasteiger partial charge in [-0.2, -0.15) is 4.57 Å². The Morgan fingerprint density at radius 2 is 2.00 bits per heavy atom. The smallest absolute Gasteiger partial charge is 0.331 e. The highest BCUT2D eigenvalue weighted by molar-refractivity contribution is 5.92. The number of aliphatic hydroxyl groups excluding tert-OH is 2. The van der Waals surface area contributed by atoms with Gasteiger partial charge in [0.15, 0.2) is 18.5 Å². The van der Waals surface area contributed by atoms with Crippen LogP contribution in [0.15, 0.2) is 36.7 Å². The number of aromatic nitrogens is 1. The molecule has 0 aliphatic carbocycles. The van der Waals surface area contributed by atoms with Gasteiger partial charge in [0.1, 0.15) is 24.4 Å². The van der Waals surface area contributed by atoms with E-state index < -0.39 is 49.0 Å². The van der Waals surface area contributed by atoms with Crippen molar-refractivity contribution in [2.45, 2.75) is 24.5 Å². The van der Waals surface area contributed by atoms with Gasteiger partial charge in [0.2, 0.25) is 0 Å². The lowest BCUT2D eigenvalue weighted by Crippen LogP contribution is -2.46. The van der Waals surface area contributed by atoms with Gasteiger partial charge in [-0.3, -0.25) is 4.79 Å². The van der Waals surface area contributed by atoms with Crippen LogP contribution < -0.4 is 10.3 Å². The van der Waals surface area contributed by atoms with Crippen molar-refractivity contribution >= 4 is 17.8 Å². The molecule has 1 aromatic rings. The molecule has 1 amide bonds. The van der Waals surface area contributed by atoms with Gasteiger partial charge in [0.25, 0.3) is 12.1 Å². The Bertz CT molecular complexity index is 705. The molecule has 0 unspecified atom stereocenters. The SMILES string of the molecule is NC(=O)c1ccc[n+]([C@@H]2O[C@H](COC(=O)/C=C/C(=O)O)[C@@H](O)[C@H]2O)c1. The maximum atomic E-state index is 11.3. The van der Waals surface area contributed by atoms with Crippen LogP contribution in [0.4, 0.5) is 0 Å². The molecule has 4 atom stereocenters. The van der Waals surface area contributed by atoms with Gasteiger partial charge in [-0.15, -0.1) is 0 Å². The molecule has 0 spiro atoms. The van der Waals surface area contributed by atoms with Crippen molar-refractivity contribution in [3.63, 3.8) is 0 Å². The molecule has 1 aromatic heterocycles. The third kappa shape index (κ3) is 4.59. The number of amides is 1. The van der Waals surface area contributed by atoms with Crippen molar-refractivity contribution in [2.75, 3.05) is 6.61 Å². The lowest BCUT2D eigenvalue weighted by Gasteiger charge is -2.12. The van der Waals surface area contributed by atoms with Crippen LogP contribution in [0.2, 0.25) is 0 Å². The second-order valence-corrected chi connectivity index (χ2v) is 5.25. The Balaban J connectivity index is 2.03. The second kappa shape index (κ2) is 7.83. The minimum Gasteiger partial charge on any atom is -0.478 e. The van der Waals surface area contributed by atoms with Crippen molar-refractivity contribution in [1.29, 1.82) is 0 Å². The number of nitrogens with two attached hydrogens (primary N) is 1. The summed E-state index contributed by atoms with van der Waals surface area (Å²) < 4.78 is 11.6. The van der Waals surface area contributed by atoms with E-state index in [-0.39, 0.29) is 5.56 Å². The Kier molecular flexibility index (Phi) is 5.80. The first kappa shape index (κ1) is 18.5.